The van der Waals surface area contributed by atoms with E-state index in [1.807, 2.05) is 0 Å². The van der Waals surface area contributed by atoms with Crippen molar-refractivity contribution < 1.29 is 14.5 Å². The van der Waals surface area contributed by atoms with Gasteiger partial charge in [-0.05, 0) is 48.5 Å². The molecule has 0 spiro atoms. The molecule has 0 aliphatic heterocycles. The van der Waals surface area contributed by atoms with Crippen molar-refractivity contribution in [1.82, 2.24) is 5.43 Å². The summed E-state index contributed by atoms with van der Waals surface area (Å²) in [7, 11) is 0. The van der Waals surface area contributed by atoms with Crippen LogP contribution in [-0.2, 0) is 4.79 Å². The van der Waals surface area contributed by atoms with E-state index < -0.39 is 10.8 Å². The number of carbonyl (C=O) groups excluding carboxylic acids is 2. The molecule has 0 aliphatic rings. The standard InChI is InChI=1S/C22H17ClN4O4S/c1-14(28)25-18-4-2-3-16(12-18)22(29)26-24-13-15-5-10-21(20(11-15)27(30)31)32-19-8-6-17(23)7-9-19/h2-13H,1H3,(H,25,28)(H,26,29). The topological polar surface area (TPSA) is 114 Å². The Bertz CT molecular complexity index is 1200. The Hall–Kier alpha value is -3.69. The molecule has 0 aromatic heterocycles. The molecule has 0 heterocycles. The number of hydrogen-bond acceptors (Lipinski definition) is 6. The van der Waals surface area contributed by atoms with Crippen LogP contribution >= 0.6 is 23.4 Å². The molecule has 0 saturated heterocycles. The zero-order valence-corrected chi connectivity index (χ0v) is 18.3. The quantitative estimate of drug-likeness (QED) is 0.284. The first-order valence-corrected chi connectivity index (χ1v) is 10.4. The maximum Gasteiger partial charge on any atom is 0.283 e. The molecule has 32 heavy (non-hydrogen) atoms. The lowest BCUT2D eigenvalue weighted by molar-refractivity contribution is -0.387. The molecule has 0 unspecified atom stereocenters. The predicted molar refractivity (Wildman–Crippen MR) is 124 cm³/mol. The second kappa shape index (κ2) is 10.6. The van der Waals surface area contributed by atoms with Crippen molar-refractivity contribution in [1.29, 1.82) is 0 Å². The molecule has 0 radical (unpaired) electrons. The third kappa shape index (κ3) is 6.40. The minimum Gasteiger partial charge on any atom is -0.326 e. The molecule has 0 saturated carbocycles. The van der Waals surface area contributed by atoms with Gasteiger partial charge in [-0.3, -0.25) is 19.7 Å². The fourth-order valence-electron chi connectivity index (χ4n) is 2.64. The van der Waals surface area contributed by atoms with Crippen molar-refractivity contribution in [2.24, 2.45) is 5.10 Å². The minimum absolute atomic E-state index is 0.0803. The Morgan fingerprint density at radius 1 is 1.09 bits per heavy atom. The first kappa shape index (κ1) is 23.0. The van der Waals surface area contributed by atoms with E-state index in [0.717, 1.165) is 4.90 Å². The monoisotopic (exact) mass is 468 g/mol. The van der Waals surface area contributed by atoms with Crippen molar-refractivity contribution in [2.75, 3.05) is 5.32 Å². The van der Waals surface area contributed by atoms with Crippen molar-refractivity contribution in [3.8, 4) is 0 Å². The van der Waals surface area contributed by atoms with Gasteiger partial charge in [0.05, 0.1) is 16.0 Å². The summed E-state index contributed by atoms with van der Waals surface area (Å²) in [6, 6.07) is 18.0. The molecule has 3 aromatic carbocycles. The van der Waals surface area contributed by atoms with Gasteiger partial charge in [0, 0.05) is 39.7 Å². The lowest BCUT2D eigenvalue weighted by atomic mass is 10.2. The van der Waals surface area contributed by atoms with Crippen molar-refractivity contribution in [3.63, 3.8) is 0 Å². The van der Waals surface area contributed by atoms with E-state index in [9.17, 15) is 19.7 Å². The molecule has 162 valence electrons. The number of nitro groups is 1. The van der Waals surface area contributed by atoms with E-state index in [0.29, 0.717) is 26.7 Å². The normalized spacial score (nSPS) is 10.7. The number of carbonyl (C=O) groups is 2. The lowest BCUT2D eigenvalue weighted by Gasteiger charge is -2.05. The van der Waals surface area contributed by atoms with Gasteiger partial charge in [0.2, 0.25) is 5.91 Å². The molecule has 0 fully saturated rings. The summed E-state index contributed by atoms with van der Waals surface area (Å²) in [6.45, 7) is 1.37. The molecule has 8 nitrogen and oxygen atoms in total. The number of anilines is 1. The first-order valence-electron chi connectivity index (χ1n) is 9.25. The highest BCUT2D eigenvalue weighted by Crippen LogP contribution is 2.35. The highest BCUT2D eigenvalue weighted by atomic mass is 35.5. The molecule has 0 bridgehead atoms. The van der Waals surface area contributed by atoms with Gasteiger partial charge in [0.1, 0.15) is 0 Å². The van der Waals surface area contributed by atoms with Crippen LogP contribution in [0.2, 0.25) is 5.02 Å². The van der Waals surface area contributed by atoms with E-state index in [-0.39, 0.29) is 11.6 Å². The summed E-state index contributed by atoms with van der Waals surface area (Å²) in [5.41, 5.74) is 3.52. The predicted octanol–water partition coefficient (Wildman–Crippen LogP) is 5.12. The maximum atomic E-state index is 12.3. The van der Waals surface area contributed by atoms with Crippen molar-refractivity contribution in [2.45, 2.75) is 16.7 Å². The second-order valence-electron chi connectivity index (χ2n) is 6.50. The van der Waals surface area contributed by atoms with Crippen LogP contribution in [0, 0.1) is 10.1 Å². The Balaban J connectivity index is 1.71. The van der Waals surface area contributed by atoms with Gasteiger partial charge in [-0.25, -0.2) is 5.43 Å². The zero-order chi connectivity index (χ0) is 23.1. The van der Waals surface area contributed by atoms with Gasteiger partial charge >= 0.3 is 0 Å². The smallest absolute Gasteiger partial charge is 0.283 e. The highest BCUT2D eigenvalue weighted by Gasteiger charge is 2.15. The van der Waals surface area contributed by atoms with Crippen LogP contribution in [-0.4, -0.2) is 23.0 Å². The molecule has 2 amide bonds. The number of nitro benzene ring substituents is 1. The van der Waals surface area contributed by atoms with Crippen molar-refractivity contribution in [3.05, 3.63) is 93.0 Å². The summed E-state index contributed by atoms with van der Waals surface area (Å²) in [4.78, 5) is 35.7. The number of rotatable bonds is 7. The van der Waals surface area contributed by atoms with Crippen LogP contribution in [0.15, 0.2) is 81.6 Å². The first-order chi connectivity index (χ1) is 15.3. The van der Waals surface area contributed by atoms with Crippen LogP contribution < -0.4 is 10.7 Å². The molecule has 2 N–H and O–H groups in total. The fourth-order valence-corrected chi connectivity index (χ4v) is 3.67. The van der Waals surface area contributed by atoms with Crippen molar-refractivity contribution >= 4 is 52.8 Å². The average Bonchev–Trinajstić information content (AvgIpc) is 2.75. The van der Waals surface area contributed by atoms with E-state index in [1.54, 1.807) is 54.6 Å². The number of hydrazone groups is 1. The summed E-state index contributed by atoms with van der Waals surface area (Å²) in [5, 5.41) is 18.6. The van der Waals surface area contributed by atoms with Crippen LogP contribution in [0.3, 0.4) is 0 Å². The Labute approximate surface area is 192 Å². The van der Waals surface area contributed by atoms with Gasteiger partial charge in [0.15, 0.2) is 0 Å². The SMILES string of the molecule is CC(=O)Nc1cccc(C(=O)NN=Cc2ccc(Sc3ccc(Cl)cc3)c([N+](=O)[O-])c2)c1. The Kier molecular flexibility index (Phi) is 7.58. The van der Waals surface area contributed by atoms with Gasteiger partial charge in [-0.1, -0.05) is 35.5 Å². The average molecular weight is 469 g/mol. The number of amides is 2. The van der Waals surface area contributed by atoms with Crippen LogP contribution in [0.5, 0.6) is 0 Å². The van der Waals surface area contributed by atoms with Gasteiger partial charge < -0.3 is 5.32 Å². The third-order valence-electron chi connectivity index (χ3n) is 4.05. The number of nitrogens with one attached hydrogen (secondary N) is 2. The van der Waals surface area contributed by atoms with E-state index in [1.165, 1.54) is 37.0 Å². The lowest BCUT2D eigenvalue weighted by Crippen LogP contribution is -2.18. The minimum atomic E-state index is -0.488. The number of nitrogens with zero attached hydrogens (tertiary/aromatic N) is 2. The number of halogens is 1. The van der Waals surface area contributed by atoms with Crippen LogP contribution in [0.4, 0.5) is 11.4 Å². The fraction of sp³-hybridized carbons (Fsp3) is 0.0455. The molecule has 0 aliphatic carbocycles. The molecular weight excluding hydrogens is 452 g/mol. The largest absolute Gasteiger partial charge is 0.326 e. The highest BCUT2D eigenvalue weighted by molar-refractivity contribution is 7.99. The maximum absolute atomic E-state index is 12.3. The molecule has 0 atom stereocenters. The van der Waals surface area contributed by atoms with Crippen LogP contribution in [0.25, 0.3) is 0 Å². The van der Waals surface area contributed by atoms with E-state index in [4.69, 9.17) is 11.6 Å². The summed E-state index contributed by atoms with van der Waals surface area (Å²) >= 11 is 7.12. The number of hydrogen-bond donors (Lipinski definition) is 2. The van der Waals surface area contributed by atoms with Crippen LogP contribution in [0.1, 0.15) is 22.8 Å². The molecule has 3 rings (SSSR count). The number of benzene rings is 3. The Morgan fingerprint density at radius 2 is 1.84 bits per heavy atom. The van der Waals surface area contributed by atoms with E-state index >= 15 is 0 Å². The third-order valence-corrected chi connectivity index (χ3v) is 5.37. The summed E-state index contributed by atoms with van der Waals surface area (Å²) in [6.07, 6.45) is 1.32. The van der Waals surface area contributed by atoms with Gasteiger partial charge in [-0.15, -0.1) is 0 Å². The van der Waals surface area contributed by atoms with E-state index in [2.05, 4.69) is 15.8 Å². The Morgan fingerprint density at radius 3 is 2.53 bits per heavy atom. The molecule has 3 aromatic rings. The molecule has 10 heteroatoms. The second-order valence-corrected chi connectivity index (χ2v) is 8.05. The zero-order valence-electron chi connectivity index (χ0n) is 16.7. The summed E-state index contributed by atoms with van der Waals surface area (Å²) < 4.78 is 0. The summed E-state index contributed by atoms with van der Waals surface area (Å²) in [5.74, 6) is -0.738. The van der Waals surface area contributed by atoms with Gasteiger partial charge in [-0.2, -0.15) is 5.10 Å². The van der Waals surface area contributed by atoms with Gasteiger partial charge in [0.25, 0.3) is 11.6 Å². The molecular formula is C22H17ClN4O4S.